The molecule has 0 saturated carbocycles. The van der Waals surface area contributed by atoms with Crippen LogP contribution in [0.4, 0.5) is 5.69 Å². The lowest BCUT2D eigenvalue weighted by molar-refractivity contribution is 0.0985. The molecule has 4 heteroatoms. The number of fused-ring (bicyclic) bond motifs is 1. The van der Waals surface area contributed by atoms with Gasteiger partial charge in [-0.15, -0.1) is 0 Å². The van der Waals surface area contributed by atoms with Crippen LogP contribution >= 0.6 is 0 Å². The zero-order valence-electron chi connectivity index (χ0n) is 11.7. The lowest BCUT2D eigenvalue weighted by Crippen LogP contribution is -2.21. The first-order valence-corrected chi connectivity index (χ1v) is 6.82. The third kappa shape index (κ3) is 2.52. The molecule has 2 aromatic rings. The molecule has 0 aliphatic heterocycles. The maximum atomic E-state index is 12.4. The normalized spacial score (nSPS) is 13.1. The first kappa shape index (κ1) is 13.8. The molecule has 0 unspecified atom stereocenters. The van der Waals surface area contributed by atoms with Gasteiger partial charge in [-0.1, -0.05) is 36.4 Å². The van der Waals surface area contributed by atoms with E-state index in [1.807, 2.05) is 12.1 Å². The van der Waals surface area contributed by atoms with Crippen molar-refractivity contribution in [2.75, 3.05) is 5.32 Å². The minimum atomic E-state index is -0.198. The highest BCUT2D eigenvalue weighted by Crippen LogP contribution is 2.22. The van der Waals surface area contributed by atoms with Crippen LogP contribution in [0.15, 0.2) is 60.3 Å². The number of rotatable bonds is 3. The van der Waals surface area contributed by atoms with Crippen LogP contribution in [0.25, 0.3) is 0 Å². The molecule has 0 heterocycles. The van der Waals surface area contributed by atoms with E-state index in [0.717, 1.165) is 5.56 Å². The van der Waals surface area contributed by atoms with Crippen LogP contribution in [-0.4, -0.2) is 11.6 Å². The zero-order valence-corrected chi connectivity index (χ0v) is 11.7. The first-order chi connectivity index (χ1) is 10.7. The molecule has 0 aromatic heterocycles. The Morgan fingerprint density at radius 2 is 1.64 bits per heavy atom. The average Bonchev–Trinajstić information content (AvgIpc) is 2.54. The molecule has 0 atom stereocenters. The molecule has 1 aliphatic rings. The van der Waals surface area contributed by atoms with Gasteiger partial charge in [0.2, 0.25) is 5.78 Å². The number of anilines is 1. The maximum Gasteiger partial charge on any atom is 0.210 e. The SMILES string of the molecule is N#CCc1ccc(NC2=CC(=O)c3ccccc3C2=O)cc1. The molecule has 1 aliphatic carbocycles. The second kappa shape index (κ2) is 5.66. The monoisotopic (exact) mass is 288 g/mol. The second-order valence-electron chi connectivity index (χ2n) is 4.95. The standard InChI is InChI=1S/C18H12N2O2/c19-10-9-12-5-7-13(8-6-12)20-16-11-17(21)14-3-1-2-4-15(14)18(16)22/h1-8,11,20H,9H2. The van der Waals surface area contributed by atoms with Crippen molar-refractivity contribution in [1.29, 1.82) is 5.26 Å². The highest BCUT2D eigenvalue weighted by Gasteiger charge is 2.24. The summed E-state index contributed by atoms with van der Waals surface area (Å²) in [4.78, 5) is 24.5. The van der Waals surface area contributed by atoms with Crippen molar-refractivity contribution in [2.24, 2.45) is 0 Å². The Hall–Kier alpha value is -3.19. The van der Waals surface area contributed by atoms with Gasteiger partial charge in [-0.25, -0.2) is 0 Å². The molecule has 106 valence electrons. The van der Waals surface area contributed by atoms with Crippen molar-refractivity contribution < 1.29 is 9.59 Å². The quantitative estimate of drug-likeness (QED) is 0.942. The fourth-order valence-corrected chi connectivity index (χ4v) is 2.36. The van der Waals surface area contributed by atoms with Gasteiger partial charge in [-0.2, -0.15) is 5.26 Å². The predicted octanol–water partition coefficient (Wildman–Crippen LogP) is 3.13. The minimum Gasteiger partial charge on any atom is -0.352 e. The Kier molecular flexibility index (Phi) is 3.55. The lowest BCUT2D eigenvalue weighted by Gasteiger charge is -2.16. The van der Waals surface area contributed by atoms with E-state index in [-0.39, 0.29) is 17.3 Å². The largest absolute Gasteiger partial charge is 0.352 e. The fraction of sp³-hybridized carbons (Fsp3) is 0.0556. The number of carbonyl (C=O) groups excluding carboxylic acids is 2. The number of nitrogens with one attached hydrogen (secondary N) is 1. The summed E-state index contributed by atoms with van der Waals surface area (Å²) in [5, 5.41) is 11.6. The number of allylic oxidation sites excluding steroid dienone is 2. The Bertz CT molecular complexity index is 827. The molecule has 22 heavy (non-hydrogen) atoms. The molecule has 0 saturated heterocycles. The van der Waals surface area contributed by atoms with Crippen LogP contribution in [0.2, 0.25) is 0 Å². The summed E-state index contributed by atoms with van der Waals surface area (Å²) in [7, 11) is 0. The van der Waals surface area contributed by atoms with Gasteiger partial charge in [0.25, 0.3) is 0 Å². The van der Waals surface area contributed by atoms with E-state index in [0.29, 0.717) is 23.2 Å². The molecule has 0 fully saturated rings. The number of benzene rings is 2. The molecule has 0 bridgehead atoms. The minimum absolute atomic E-state index is 0.182. The fourth-order valence-electron chi connectivity index (χ4n) is 2.36. The molecule has 0 amide bonds. The van der Waals surface area contributed by atoms with Crippen molar-refractivity contribution in [3.8, 4) is 6.07 Å². The molecule has 3 rings (SSSR count). The maximum absolute atomic E-state index is 12.4. The molecular formula is C18H12N2O2. The summed E-state index contributed by atoms with van der Waals surface area (Å²) in [5.74, 6) is -0.380. The van der Waals surface area contributed by atoms with E-state index < -0.39 is 0 Å². The number of hydrogen-bond acceptors (Lipinski definition) is 4. The predicted molar refractivity (Wildman–Crippen MR) is 82.6 cm³/mol. The van der Waals surface area contributed by atoms with Gasteiger partial charge in [0.15, 0.2) is 5.78 Å². The van der Waals surface area contributed by atoms with E-state index in [1.54, 1.807) is 36.4 Å². The third-order valence-corrected chi connectivity index (χ3v) is 3.47. The molecule has 4 nitrogen and oxygen atoms in total. The van der Waals surface area contributed by atoms with Gasteiger partial charge in [-0.05, 0) is 17.7 Å². The van der Waals surface area contributed by atoms with Gasteiger partial charge in [0.05, 0.1) is 18.2 Å². The van der Waals surface area contributed by atoms with Crippen LogP contribution in [0.1, 0.15) is 26.3 Å². The van der Waals surface area contributed by atoms with E-state index in [1.165, 1.54) is 6.08 Å². The highest BCUT2D eigenvalue weighted by atomic mass is 16.1. The van der Waals surface area contributed by atoms with Crippen LogP contribution in [0.5, 0.6) is 0 Å². The van der Waals surface area contributed by atoms with E-state index >= 15 is 0 Å². The number of nitrogens with zero attached hydrogens (tertiary/aromatic N) is 1. The van der Waals surface area contributed by atoms with Gasteiger partial charge in [0, 0.05) is 22.9 Å². The van der Waals surface area contributed by atoms with Crippen molar-refractivity contribution in [2.45, 2.75) is 6.42 Å². The number of nitriles is 1. The van der Waals surface area contributed by atoms with E-state index in [9.17, 15) is 9.59 Å². The van der Waals surface area contributed by atoms with Gasteiger partial charge in [-0.3, -0.25) is 9.59 Å². The molecular weight excluding hydrogens is 276 g/mol. The summed E-state index contributed by atoms with van der Waals surface area (Å²) in [6, 6.07) is 16.1. The van der Waals surface area contributed by atoms with Crippen LogP contribution in [0, 0.1) is 11.3 Å². The lowest BCUT2D eigenvalue weighted by atomic mass is 9.92. The van der Waals surface area contributed by atoms with Gasteiger partial charge in [0.1, 0.15) is 0 Å². The summed E-state index contributed by atoms with van der Waals surface area (Å²) in [5.41, 5.74) is 2.71. The van der Waals surface area contributed by atoms with Crippen molar-refractivity contribution in [1.82, 2.24) is 0 Å². The van der Waals surface area contributed by atoms with Crippen LogP contribution < -0.4 is 5.32 Å². The average molecular weight is 288 g/mol. The summed E-state index contributed by atoms with van der Waals surface area (Å²) >= 11 is 0. The molecule has 1 N–H and O–H groups in total. The summed E-state index contributed by atoms with van der Waals surface area (Å²) < 4.78 is 0. The van der Waals surface area contributed by atoms with E-state index in [2.05, 4.69) is 11.4 Å². The second-order valence-corrected chi connectivity index (χ2v) is 4.95. The van der Waals surface area contributed by atoms with Gasteiger partial charge < -0.3 is 5.32 Å². The Morgan fingerprint density at radius 1 is 0.955 bits per heavy atom. The van der Waals surface area contributed by atoms with Crippen molar-refractivity contribution in [3.63, 3.8) is 0 Å². The van der Waals surface area contributed by atoms with Crippen LogP contribution in [-0.2, 0) is 6.42 Å². The zero-order chi connectivity index (χ0) is 15.5. The summed E-state index contributed by atoms with van der Waals surface area (Å²) in [6.45, 7) is 0. The molecule has 0 radical (unpaired) electrons. The number of Topliss-reactive ketones (excluding diaryl/α,β-unsaturated/α-hetero) is 1. The Morgan fingerprint density at radius 3 is 2.32 bits per heavy atom. The first-order valence-electron chi connectivity index (χ1n) is 6.82. The third-order valence-electron chi connectivity index (χ3n) is 3.47. The van der Waals surface area contributed by atoms with Gasteiger partial charge >= 0.3 is 0 Å². The number of carbonyl (C=O) groups is 2. The smallest absolute Gasteiger partial charge is 0.210 e. The molecule has 2 aromatic carbocycles. The highest BCUT2D eigenvalue weighted by molar-refractivity contribution is 6.25. The van der Waals surface area contributed by atoms with Crippen LogP contribution in [0.3, 0.4) is 0 Å². The van der Waals surface area contributed by atoms with Crippen molar-refractivity contribution >= 4 is 17.3 Å². The number of ketones is 2. The Labute approximate surface area is 127 Å². The summed E-state index contributed by atoms with van der Waals surface area (Å²) in [6.07, 6.45) is 1.67. The van der Waals surface area contributed by atoms with E-state index in [4.69, 9.17) is 5.26 Å². The topological polar surface area (TPSA) is 70.0 Å². The van der Waals surface area contributed by atoms with Crippen molar-refractivity contribution in [3.05, 3.63) is 77.0 Å². The number of hydrogen-bond donors (Lipinski definition) is 1. The molecule has 0 spiro atoms. The Balaban J connectivity index is 1.86.